The lowest BCUT2D eigenvalue weighted by Gasteiger charge is -2.24. The maximum Gasteiger partial charge on any atom is 0.221 e. The topological polar surface area (TPSA) is 34.0 Å². The summed E-state index contributed by atoms with van der Waals surface area (Å²) in [6, 6.07) is 15.2. The number of hydrogen-bond acceptors (Lipinski definition) is 1. The minimum absolute atomic E-state index is 0.0551. The number of amides is 1. The quantitative estimate of drug-likeness (QED) is 0.568. The van der Waals surface area contributed by atoms with Gasteiger partial charge in [-0.05, 0) is 49.1 Å². The summed E-state index contributed by atoms with van der Waals surface area (Å²) in [6.07, 6.45) is 8.21. The Kier molecular flexibility index (Phi) is 5.98. The second-order valence-corrected chi connectivity index (χ2v) is 8.10. The highest BCUT2D eigenvalue weighted by Gasteiger charge is 2.24. The molecule has 1 aromatic heterocycles. The molecule has 2 aromatic carbocycles. The molecule has 1 amide bonds. The van der Waals surface area contributed by atoms with E-state index in [2.05, 4.69) is 35.1 Å². The van der Waals surface area contributed by atoms with E-state index < -0.39 is 0 Å². The van der Waals surface area contributed by atoms with Crippen molar-refractivity contribution < 1.29 is 9.18 Å². The van der Waals surface area contributed by atoms with Crippen LogP contribution < -0.4 is 5.32 Å². The first-order chi connectivity index (χ1) is 14.2. The molecule has 0 spiro atoms. The summed E-state index contributed by atoms with van der Waals surface area (Å²) in [5.74, 6) is -0.383. The van der Waals surface area contributed by atoms with Crippen molar-refractivity contribution in [3.05, 3.63) is 71.7 Å². The summed E-state index contributed by atoms with van der Waals surface area (Å²) < 4.78 is 16.2. The van der Waals surface area contributed by atoms with E-state index in [1.807, 2.05) is 18.2 Å². The highest BCUT2D eigenvalue weighted by molar-refractivity contribution is 5.86. The van der Waals surface area contributed by atoms with E-state index in [4.69, 9.17) is 0 Å². The molecule has 1 heterocycles. The van der Waals surface area contributed by atoms with Crippen molar-refractivity contribution in [2.24, 2.45) is 0 Å². The van der Waals surface area contributed by atoms with Crippen LogP contribution in [0.2, 0.25) is 0 Å². The predicted molar refractivity (Wildman–Crippen MR) is 115 cm³/mol. The maximum atomic E-state index is 14.0. The van der Waals surface area contributed by atoms with Gasteiger partial charge in [-0.25, -0.2) is 4.39 Å². The maximum absolute atomic E-state index is 14.0. The third-order valence-corrected chi connectivity index (χ3v) is 6.15. The molecule has 0 bridgehead atoms. The number of rotatable bonds is 6. The summed E-state index contributed by atoms with van der Waals surface area (Å²) in [6.45, 7) is 2.97. The van der Waals surface area contributed by atoms with E-state index in [1.54, 1.807) is 12.1 Å². The van der Waals surface area contributed by atoms with E-state index in [9.17, 15) is 9.18 Å². The highest BCUT2D eigenvalue weighted by Crippen LogP contribution is 2.35. The van der Waals surface area contributed by atoms with Crippen LogP contribution >= 0.6 is 0 Å². The van der Waals surface area contributed by atoms with Crippen molar-refractivity contribution in [1.29, 1.82) is 0 Å². The smallest absolute Gasteiger partial charge is 0.221 e. The number of aromatic nitrogens is 1. The third-order valence-electron chi connectivity index (χ3n) is 6.15. The van der Waals surface area contributed by atoms with Crippen LogP contribution in [0.15, 0.2) is 54.7 Å². The second-order valence-electron chi connectivity index (χ2n) is 8.10. The molecule has 3 aromatic rings. The van der Waals surface area contributed by atoms with Gasteiger partial charge in [-0.1, -0.05) is 49.6 Å². The SMILES string of the molecule is CCn1cc(C(CC(=O)NC2CCCCC2)c2cccc(F)c2)c2ccccc21. The van der Waals surface area contributed by atoms with Crippen LogP contribution in [0.1, 0.15) is 62.5 Å². The van der Waals surface area contributed by atoms with Gasteiger partial charge in [-0.2, -0.15) is 0 Å². The zero-order chi connectivity index (χ0) is 20.2. The largest absolute Gasteiger partial charge is 0.353 e. The van der Waals surface area contributed by atoms with Gasteiger partial charge >= 0.3 is 0 Å². The standard InChI is InChI=1S/C25H29FN2O/c1-2-28-17-23(21-13-6-7-14-24(21)28)22(18-9-8-10-19(26)15-18)16-25(29)27-20-11-4-3-5-12-20/h6-10,13-15,17,20,22H,2-5,11-12,16H2,1H3,(H,27,29). The summed E-state index contributed by atoms with van der Waals surface area (Å²) >= 11 is 0. The fraction of sp³-hybridized carbons (Fsp3) is 0.400. The number of aryl methyl sites for hydroxylation is 1. The lowest BCUT2D eigenvalue weighted by Crippen LogP contribution is -2.36. The molecule has 1 fully saturated rings. The molecule has 3 nitrogen and oxygen atoms in total. The van der Waals surface area contributed by atoms with E-state index in [0.29, 0.717) is 6.42 Å². The molecule has 0 radical (unpaired) electrons. The molecule has 1 atom stereocenters. The Labute approximate surface area is 171 Å². The summed E-state index contributed by atoms with van der Waals surface area (Å²) in [5, 5.41) is 4.37. The molecule has 1 unspecified atom stereocenters. The lowest BCUT2D eigenvalue weighted by molar-refractivity contribution is -0.122. The number of carbonyl (C=O) groups excluding carboxylic acids is 1. The zero-order valence-electron chi connectivity index (χ0n) is 17.0. The normalized spacial score (nSPS) is 16.1. The zero-order valence-corrected chi connectivity index (χ0v) is 17.0. The molecule has 4 heteroatoms. The predicted octanol–water partition coefficient (Wildman–Crippen LogP) is 5.77. The molecule has 29 heavy (non-hydrogen) atoms. The minimum atomic E-state index is -0.264. The Morgan fingerprint density at radius 1 is 1.14 bits per heavy atom. The Morgan fingerprint density at radius 3 is 2.69 bits per heavy atom. The van der Waals surface area contributed by atoms with Gasteiger partial charge in [0.25, 0.3) is 0 Å². The molecule has 4 rings (SSSR count). The van der Waals surface area contributed by atoms with Gasteiger partial charge in [0.1, 0.15) is 5.82 Å². The second kappa shape index (κ2) is 8.81. The summed E-state index contributed by atoms with van der Waals surface area (Å²) in [4.78, 5) is 13.0. The van der Waals surface area contributed by atoms with Crippen molar-refractivity contribution in [2.75, 3.05) is 0 Å². The molecule has 1 N–H and O–H groups in total. The summed E-state index contributed by atoms with van der Waals surface area (Å²) in [7, 11) is 0. The molecule has 0 saturated heterocycles. The molecule has 1 saturated carbocycles. The summed E-state index contributed by atoms with van der Waals surface area (Å²) in [5.41, 5.74) is 3.09. The van der Waals surface area contributed by atoms with Crippen molar-refractivity contribution in [3.8, 4) is 0 Å². The Balaban J connectivity index is 1.69. The third kappa shape index (κ3) is 4.36. The van der Waals surface area contributed by atoms with Gasteiger partial charge in [0.05, 0.1) is 0 Å². The molecule has 1 aliphatic rings. The number of carbonyl (C=O) groups is 1. The lowest BCUT2D eigenvalue weighted by atomic mass is 9.87. The van der Waals surface area contributed by atoms with Crippen LogP contribution in [-0.2, 0) is 11.3 Å². The molecule has 0 aliphatic heterocycles. The number of nitrogens with one attached hydrogen (secondary N) is 1. The fourth-order valence-corrected chi connectivity index (χ4v) is 4.66. The monoisotopic (exact) mass is 392 g/mol. The number of halogens is 1. The van der Waals surface area contributed by atoms with Crippen LogP contribution in [0.25, 0.3) is 10.9 Å². The number of fused-ring (bicyclic) bond motifs is 1. The Morgan fingerprint density at radius 2 is 1.93 bits per heavy atom. The first-order valence-electron chi connectivity index (χ1n) is 10.8. The van der Waals surface area contributed by atoms with Crippen molar-refractivity contribution in [1.82, 2.24) is 9.88 Å². The van der Waals surface area contributed by atoms with Gasteiger partial charge < -0.3 is 9.88 Å². The molecular weight excluding hydrogens is 363 g/mol. The van der Waals surface area contributed by atoms with E-state index in [1.165, 1.54) is 25.3 Å². The van der Waals surface area contributed by atoms with Crippen LogP contribution in [-0.4, -0.2) is 16.5 Å². The molecule has 152 valence electrons. The van der Waals surface area contributed by atoms with Crippen molar-refractivity contribution in [3.63, 3.8) is 0 Å². The average molecular weight is 393 g/mol. The van der Waals surface area contributed by atoms with Crippen LogP contribution in [0, 0.1) is 5.82 Å². The van der Waals surface area contributed by atoms with Gasteiger partial charge in [0, 0.05) is 42.0 Å². The minimum Gasteiger partial charge on any atom is -0.353 e. The van der Waals surface area contributed by atoms with E-state index in [0.717, 1.165) is 41.4 Å². The first kappa shape index (κ1) is 19.7. The van der Waals surface area contributed by atoms with Gasteiger partial charge in [-0.3, -0.25) is 4.79 Å². The average Bonchev–Trinajstić information content (AvgIpc) is 3.11. The first-order valence-corrected chi connectivity index (χ1v) is 10.8. The van der Waals surface area contributed by atoms with Crippen LogP contribution in [0.5, 0.6) is 0 Å². The van der Waals surface area contributed by atoms with E-state index >= 15 is 0 Å². The Hall–Kier alpha value is -2.62. The molecular formula is C25H29FN2O. The number of hydrogen-bond donors (Lipinski definition) is 1. The van der Waals surface area contributed by atoms with Gasteiger partial charge in [0.2, 0.25) is 5.91 Å². The van der Waals surface area contributed by atoms with E-state index in [-0.39, 0.29) is 23.7 Å². The highest BCUT2D eigenvalue weighted by atomic mass is 19.1. The van der Waals surface area contributed by atoms with Gasteiger partial charge in [-0.15, -0.1) is 0 Å². The number of benzene rings is 2. The number of nitrogens with zero attached hydrogens (tertiary/aromatic N) is 1. The fourth-order valence-electron chi connectivity index (χ4n) is 4.66. The van der Waals surface area contributed by atoms with Crippen molar-refractivity contribution >= 4 is 16.8 Å². The molecule has 1 aliphatic carbocycles. The van der Waals surface area contributed by atoms with Crippen LogP contribution in [0.3, 0.4) is 0 Å². The van der Waals surface area contributed by atoms with Crippen molar-refractivity contribution in [2.45, 2.75) is 64.0 Å². The van der Waals surface area contributed by atoms with Gasteiger partial charge in [0.15, 0.2) is 0 Å². The number of para-hydroxylation sites is 1. The Bertz CT molecular complexity index is 987. The van der Waals surface area contributed by atoms with Crippen LogP contribution in [0.4, 0.5) is 4.39 Å².